The fourth-order valence-corrected chi connectivity index (χ4v) is 4.99. The standard InChI is InChI=1S/C25H29N5O3/c1-15(2)20-6-4-16(3)8-23(20)33-14-24(31)29-10-18-12-30(13-19(18)11-29)25(32)17-5-7-21-22(9-17)27-28-26-21/h4-9,15,18-19H,10-14H2,1-3H3,(H,26,27,28)/t18-,19-/m0/s1. The van der Waals surface area contributed by atoms with E-state index in [-0.39, 0.29) is 18.4 Å². The number of aromatic amines is 1. The molecule has 0 spiro atoms. The lowest BCUT2D eigenvalue weighted by atomic mass is 10.0. The van der Waals surface area contributed by atoms with Crippen LogP contribution in [0.4, 0.5) is 0 Å². The summed E-state index contributed by atoms with van der Waals surface area (Å²) in [6.07, 6.45) is 0. The van der Waals surface area contributed by atoms with E-state index < -0.39 is 0 Å². The quantitative estimate of drug-likeness (QED) is 0.649. The minimum absolute atomic E-state index is 0.00923. The van der Waals surface area contributed by atoms with Gasteiger partial charge in [0.2, 0.25) is 0 Å². The zero-order valence-electron chi connectivity index (χ0n) is 19.2. The summed E-state index contributed by atoms with van der Waals surface area (Å²) in [5.41, 5.74) is 4.35. The number of H-pyrrole nitrogens is 1. The number of hydrogen-bond donors (Lipinski definition) is 1. The van der Waals surface area contributed by atoms with E-state index in [4.69, 9.17) is 4.74 Å². The Hall–Kier alpha value is -3.42. The number of rotatable bonds is 5. The number of benzene rings is 2. The first kappa shape index (κ1) is 21.4. The van der Waals surface area contributed by atoms with E-state index in [1.54, 1.807) is 6.07 Å². The number of nitrogens with one attached hydrogen (secondary N) is 1. The number of nitrogens with zero attached hydrogens (tertiary/aromatic N) is 4. The number of carbonyl (C=O) groups is 2. The highest BCUT2D eigenvalue weighted by molar-refractivity contribution is 5.97. The highest BCUT2D eigenvalue weighted by Gasteiger charge is 2.43. The zero-order valence-corrected chi connectivity index (χ0v) is 19.2. The van der Waals surface area contributed by atoms with Gasteiger partial charge in [0, 0.05) is 43.6 Å². The molecule has 0 aliphatic carbocycles. The van der Waals surface area contributed by atoms with E-state index in [1.807, 2.05) is 34.9 Å². The minimum Gasteiger partial charge on any atom is -0.483 e. The lowest BCUT2D eigenvalue weighted by Gasteiger charge is -2.22. The van der Waals surface area contributed by atoms with Crippen molar-refractivity contribution in [3.63, 3.8) is 0 Å². The molecule has 0 radical (unpaired) electrons. The van der Waals surface area contributed by atoms with Crippen LogP contribution >= 0.6 is 0 Å². The largest absolute Gasteiger partial charge is 0.483 e. The van der Waals surface area contributed by atoms with Crippen molar-refractivity contribution in [3.05, 3.63) is 53.1 Å². The average Bonchev–Trinajstić information content (AvgIpc) is 3.50. The maximum atomic E-state index is 13.0. The summed E-state index contributed by atoms with van der Waals surface area (Å²) < 4.78 is 5.95. The van der Waals surface area contributed by atoms with Crippen molar-refractivity contribution < 1.29 is 14.3 Å². The smallest absolute Gasteiger partial charge is 0.260 e. The van der Waals surface area contributed by atoms with Crippen LogP contribution in [0.2, 0.25) is 0 Å². The maximum Gasteiger partial charge on any atom is 0.260 e. The van der Waals surface area contributed by atoms with Crippen LogP contribution in [0.25, 0.3) is 11.0 Å². The molecule has 172 valence electrons. The van der Waals surface area contributed by atoms with E-state index in [9.17, 15) is 9.59 Å². The molecule has 3 heterocycles. The molecule has 2 aliphatic heterocycles. The second kappa shape index (κ2) is 8.50. The number of aryl methyl sites for hydroxylation is 1. The molecule has 8 nitrogen and oxygen atoms in total. The van der Waals surface area contributed by atoms with Crippen LogP contribution in [0, 0.1) is 18.8 Å². The summed E-state index contributed by atoms with van der Waals surface area (Å²) in [6.45, 7) is 8.99. The summed E-state index contributed by atoms with van der Waals surface area (Å²) >= 11 is 0. The van der Waals surface area contributed by atoms with Crippen LogP contribution < -0.4 is 4.74 Å². The number of ether oxygens (including phenoxy) is 1. The van der Waals surface area contributed by atoms with Crippen molar-refractivity contribution in [1.82, 2.24) is 25.2 Å². The zero-order chi connectivity index (χ0) is 23.1. The van der Waals surface area contributed by atoms with Gasteiger partial charge in [-0.1, -0.05) is 31.2 Å². The van der Waals surface area contributed by atoms with Crippen LogP contribution in [0.5, 0.6) is 5.75 Å². The Morgan fingerprint density at radius 3 is 2.52 bits per heavy atom. The Balaban J connectivity index is 1.17. The Morgan fingerprint density at radius 2 is 1.79 bits per heavy atom. The third-order valence-corrected chi connectivity index (χ3v) is 6.84. The molecule has 2 saturated heterocycles. The van der Waals surface area contributed by atoms with Gasteiger partial charge in [0.25, 0.3) is 11.8 Å². The van der Waals surface area contributed by atoms with E-state index in [0.717, 1.165) is 22.4 Å². The molecule has 0 saturated carbocycles. The predicted octanol–water partition coefficient (Wildman–Crippen LogP) is 3.00. The molecule has 0 bridgehead atoms. The lowest BCUT2D eigenvalue weighted by molar-refractivity contribution is -0.132. The van der Waals surface area contributed by atoms with Crippen LogP contribution in [0.1, 0.15) is 41.3 Å². The van der Waals surface area contributed by atoms with Crippen LogP contribution in [0.3, 0.4) is 0 Å². The van der Waals surface area contributed by atoms with Gasteiger partial charge in [0.15, 0.2) is 6.61 Å². The molecule has 2 atom stereocenters. The van der Waals surface area contributed by atoms with Gasteiger partial charge in [-0.15, -0.1) is 5.10 Å². The highest BCUT2D eigenvalue weighted by Crippen LogP contribution is 2.33. The molecule has 2 aliphatic rings. The van der Waals surface area contributed by atoms with Crippen LogP contribution in [-0.2, 0) is 4.79 Å². The molecule has 5 rings (SSSR count). The van der Waals surface area contributed by atoms with Gasteiger partial charge in [-0.05, 0) is 48.2 Å². The van der Waals surface area contributed by atoms with E-state index in [2.05, 4.69) is 41.4 Å². The molecule has 2 amide bonds. The maximum absolute atomic E-state index is 13.0. The molecule has 1 aromatic heterocycles. The first-order chi connectivity index (χ1) is 15.9. The molecular weight excluding hydrogens is 418 g/mol. The van der Waals surface area contributed by atoms with Gasteiger partial charge in [-0.2, -0.15) is 0 Å². The number of hydrogen-bond acceptors (Lipinski definition) is 5. The summed E-state index contributed by atoms with van der Waals surface area (Å²) in [7, 11) is 0. The Morgan fingerprint density at radius 1 is 1.06 bits per heavy atom. The molecule has 0 unspecified atom stereocenters. The van der Waals surface area contributed by atoms with Crippen molar-refractivity contribution in [3.8, 4) is 5.75 Å². The van der Waals surface area contributed by atoms with E-state index in [1.165, 1.54) is 0 Å². The first-order valence-electron chi connectivity index (χ1n) is 11.5. The van der Waals surface area contributed by atoms with E-state index in [0.29, 0.717) is 55.0 Å². The van der Waals surface area contributed by atoms with Crippen LogP contribution in [0.15, 0.2) is 36.4 Å². The number of likely N-dealkylation sites (tertiary alicyclic amines) is 2. The summed E-state index contributed by atoms with van der Waals surface area (Å²) in [4.78, 5) is 29.6. The van der Waals surface area contributed by atoms with Crippen LogP contribution in [-0.4, -0.2) is 69.8 Å². The summed E-state index contributed by atoms with van der Waals surface area (Å²) in [5, 5.41) is 10.6. The normalized spacial score (nSPS) is 20.0. The third-order valence-electron chi connectivity index (χ3n) is 6.84. The molecule has 2 fully saturated rings. The average molecular weight is 448 g/mol. The second-order valence-electron chi connectivity index (χ2n) is 9.56. The van der Waals surface area contributed by atoms with Crippen molar-refractivity contribution >= 4 is 22.8 Å². The second-order valence-corrected chi connectivity index (χ2v) is 9.56. The van der Waals surface area contributed by atoms with Gasteiger partial charge in [-0.25, -0.2) is 0 Å². The topological polar surface area (TPSA) is 91.4 Å². The van der Waals surface area contributed by atoms with Gasteiger partial charge in [0.05, 0.1) is 5.52 Å². The van der Waals surface area contributed by atoms with Crippen molar-refractivity contribution in [1.29, 1.82) is 0 Å². The van der Waals surface area contributed by atoms with Gasteiger partial charge < -0.3 is 14.5 Å². The molecule has 8 heteroatoms. The van der Waals surface area contributed by atoms with Crippen molar-refractivity contribution in [2.24, 2.45) is 11.8 Å². The highest BCUT2D eigenvalue weighted by atomic mass is 16.5. The predicted molar refractivity (Wildman–Crippen MR) is 124 cm³/mol. The molecule has 3 aromatic rings. The fourth-order valence-electron chi connectivity index (χ4n) is 4.99. The number of aromatic nitrogens is 3. The van der Waals surface area contributed by atoms with Gasteiger partial charge in [-0.3, -0.25) is 14.7 Å². The van der Waals surface area contributed by atoms with Crippen molar-refractivity contribution in [2.75, 3.05) is 32.8 Å². The number of carbonyl (C=O) groups excluding carboxylic acids is 2. The molecule has 1 N–H and O–H groups in total. The Kier molecular flexibility index (Phi) is 5.52. The van der Waals surface area contributed by atoms with E-state index >= 15 is 0 Å². The summed E-state index contributed by atoms with van der Waals surface area (Å²) in [6, 6.07) is 11.6. The third kappa shape index (κ3) is 4.17. The Labute approximate surface area is 192 Å². The minimum atomic E-state index is 0.00923. The van der Waals surface area contributed by atoms with Gasteiger partial charge in [0.1, 0.15) is 11.3 Å². The first-order valence-corrected chi connectivity index (χ1v) is 11.5. The SMILES string of the molecule is Cc1ccc(C(C)C)c(OCC(=O)N2C[C@H]3CN(C(=O)c4ccc5[nH]nnc5c4)C[C@@H]3C2)c1. The fraction of sp³-hybridized carbons (Fsp3) is 0.440. The van der Waals surface area contributed by atoms with Gasteiger partial charge >= 0.3 is 0 Å². The molecule has 2 aromatic carbocycles. The summed E-state index contributed by atoms with van der Waals surface area (Å²) in [5.74, 6) is 1.75. The number of amides is 2. The Bertz CT molecular complexity index is 1190. The molecular formula is C25H29N5O3. The van der Waals surface area contributed by atoms with Crippen molar-refractivity contribution in [2.45, 2.75) is 26.7 Å². The lowest BCUT2D eigenvalue weighted by Crippen LogP contribution is -2.37. The molecule has 33 heavy (non-hydrogen) atoms. The monoisotopic (exact) mass is 447 g/mol. The number of fused-ring (bicyclic) bond motifs is 2.